The molecule has 1 aliphatic heterocycles. The van der Waals surface area contributed by atoms with Crippen LogP contribution in [0.3, 0.4) is 0 Å². The molecule has 0 spiro atoms. The Hall–Kier alpha value is -1.14. The summed E-state index contributed by atoms with van der Waals surface area (Å²) >= 11 is 0. The maximum absolute atomic E-state index is 11.7. The van der Waals surface area contributed by atoms with Crippen molar-refractivity contribution in [2.45, 2.75) is 38.8 Å². The van der Waals surface area contributed by atoms with Crippen molar-refractivity contribution in [2.75, 3.05) is 19.8 Å². The Balaban J connectivity index is 2.38. The predicted octanol–water partition coefficient (Wildman–Crippen LogP) is -0.0108. The summed E-state index contributed by atoms with van der Waals surface area (Å²) in [6.07, 6.45) is 0.867. The van der Waals surface area contributed by atoms with Crippen LogP contribution in [0.4, 0.5) is 4.79 Å². The molecule has 0 aromatic carbocycles. The number of carbonyl (C=O) groups is 2. The number of hydrogen-bond donors (Lipinski definition) is 3. The van der Waals surface area contributed by atoms with Gasteiger partial charge < -0.3 is 10.1 Å². The van der Waals surface area contributed by atoms with E-state index in [1.807, 2.05) is 6.92 Å². The zero-order valence-electron chi connectivity index (χ0n) is 10.6. The molecule has 0 radical (unpaired) electrons. The Labute approximate surface area is 101 Å². The second kappa shape index (κ2) is 5.97. The van der Waals surface area contributed by atoms with Gasteiger partial charge in [0.25, 0.3) is 0 Å². The number of imide groups is 1. The number of ether oxygens (including phenoxy) is 1. The highest BCUT2D eigenvalue weighted by molar-refractivity contribution is 5.96. The third-order valence-corrected chi connectivity index (χ3v) is 2.75. The Bertz CT molecular complexity index is 288. The van der Waals surface area contributed by atoms with Gasteiger partial charge in [-0.3, -0.25) is 15.4 Å². The molecule has 1 rings (SSSR count). The highest BCUT2D eigenvalue weighted by Crippen LogP contribution is 2.18. The van der Waals surface area contributed by atoms with Crippen LogP contribution in [0.5, 0.6) is 0 Å². The molecule has 6 nitrogen and oxygen atoms in total. The maximum Gasteiger partial charge on any atom is 0.321 e. The zero-order valence-corrected chi connectivity index (χ0v) is 10.6. The molecule has 1 heterocycles. The van der Waals surface area contributed by atoms with Crippen LogP contribution >= 0.6 is 0 Å². The summed E-state index contributed by atoms with van der Waals surface area (Å²) in [6.45, 7) is 7.32. The summed E-state index contributed by atoms with van der Waals surface area (Å²) in [5.74, 6) is -0.330. The number of amides is 3. The van der Waals surface area contributed by atoms with Crippen LogP contribution in [-0.2, 0) is 9.53 Å². The SMILES string of the molecule is CCNC(=O)NC(=O)C(C)NC1(C)CCOC1. The van der Waals surface area contributed by atoms with Crippen molar-refractivity contribution in [1.82, 2.24) is 16.0 Å². The molecule has 0 aliphatic carbocycles. The van der Waals surface area contributed by atoms with Gasteiger partial charge in [0.2, 0.25) is 5.91 Å². The predicted molar refractivity (Wildman–Crippen MR) is 63.7 cm³/mol. The minimum atomic E-state index is -0.459. The van der Waals surface area contributed by atoms with E-state index in [1.165, 1.54) is 0 Å². The first-order chi connectivity index (χ1) is 7.97. The first kappa shape index (κ1) is 13.9. The third kappa shape index (κ3) is 4.32. The summed E-state index contributed by atoms with van der Waals surface area (Å²) in [4.78, 5) is 22.9. The van der Waals surface area contributed by atoms with Gasteiger partial charge in [0.15, 0.2) is 0 Å². The molecule has 1 saturated heterocycles. The van der Waals surface area contributed by atoms with Gasteiger partial charge in [0.05, 0.1) is 12.6 Å². The summed E-state index contributed by atoms with van der Waals surface area (Å²) in [5, 5.41) is 7.98. The molecule has 1 aliphatic rings. The lowest BCUT2D eigenvalue weighted by molar-refractivity contribution is -0.122. The van der Waals surface area contributed by atoms with Crippen LogP contribution in [0.1, 0.15) is 27.2 Å². The molecule has 2 atom stereocenters. The molecule has 17 heavy (non-hydrogen) atoms. The van der Waals surface area contributed by atoms with Crippen LogP contribution in [0.2, 0.25) is 0 Å². The van der Waals surface area contributed by atoms with E-state index in [0.29, 0.717) is 19.8 Å². The standard InChI is InChI=1S/C11H21N3O3/c1-4-12-10(16)13-9(15)8(2)14-11(3)5-6-17-7-11/h8,14H,4-7H2,1-3H3,(H2,12,13,15,16). The lowest BCUT2D eigenvalue weighted by Crippen LogP contribution is -2.55. The number of rotatable bonds is 4. The number of carbonyl (C=O) groups excluding carboxylic acids is 2. The largest absolute Gasteiger partial charge is 0.379 e. The van der Waals surface area contributed by atoms with Crippen molar-refractivity contribution in [3.63, 3.8) is 0 Å². The van der Waals surface area contributed by atoms with E-state index in [-0.39, 0.29) is 11.4 Å². The van der Waals surface area contributed by atoms with E-state index in [4.69, 9.17) is 4.74 Å². The quantitative estimate of drug-likeness (QED) is 0.649. The zero-order chi connectivity index (χ0) is 12.9. The molecule has 0 aromatic heterocycles. The summed E-state index contributed by atoms with van der Waals surface area (Å²) < 4.78 is 5.29. The molecular weight excluding hydrogens is 222 g/mol. The van der Waals surface area contributed by atoms with E-state index in [1.54, 1.807) is 13.8 Å². The first-order valence-electron chi connectivity index (χ1n) is 5.91. The van der Waals surface area contributed by atoms with Crippen molar-refractivity contribution in [1.29, 1.82) is 0 Å². The van der Waals surface area contributed by atoms with Crippen LogP contribution in [0, 0.1) is 0 Å². The normalized spacial score (nSPS) is 25.4. The van der Waals surface area contributed by atoms with Gasteiger partial charge in [-0.2, -0.15) is 0 Å². The van der Waals surface area contributed by atoms with E-state index < -0.39 is 12.1 Å². The number of hydrogen-bond acceptors (Lipinski definition) is 4. The van der Waals surface area contributed by atoms with Crippen molar-refractivity contribution in [2.24, 2.45) is 0 Å². The van der Waals surface area contributed by atoms with Gasteiger partial charge in [-0.05, 0) is 27.2 Å². The van der Waals surface area contributed by atoms with Crippen molar-refractivity contribution >= 4 is 11.9 Å². The Morgan fingerprint density at radius 2 is 2.18 bits per heavy atom. The molecule has 3 N–H and O–H groups in total. The van der Waals surface area contributed by atoms with E-state index in [9.17, 15) is 9.59 Å². The van der Waals surface area contributed by atoms with Crippen molar-refractivity contribution < 1.29 is 14.3 Å². The van der Waals surface area contributed by atoms with Gasteiger partial charge in [0, 0.05) is 18.7 Å². The average molecular weight is 243 g/mol. The monoisotopic (exact) mass is 243 g/mol. The Morgan fingerprint density at radius 1 is 1.47 bits per heavy atom. The lowest BCUT2D eigenvalue weighted by Gasteiger charge is -2.27. The third-order valence-electron chi connectivity index (χ3n) is 2.75. The molecule has 2 unspecified atom stereocenters. The molecule has 6 heteroatoms. The van der Waals surface area contributed by atoms with Crippen LogP contribution in [-0.4, -0.2) is 43.3 Å². The fourth-order valence-corrected chi connectivity index (χ4v) is 1.79. The second-order valence-electron chi connectivity index (χ2n) is 4.58. The van der Waals surface area contributed by atoms with Gasteiger partial charge >= 0.3 is 6.03 Å². The number of urea groups is 1. The van der Waals surface area contributed by atoms with Crippen LogP contribution < -0.4 is 16.0 Å². The fourth-order valence-electron chi connectivity index (χ4n) is 1.79. The van der Waals surface area contributed by atoms with E-state index in [2.05, 4.69) is 16.0 Å². The van der Waals surface area contributed by atoms with Gasteiger partial charge in [-0.1, -0.05) is 0 Å². The smallest absolute Gasteiger partial charge is 0.321 e. The minimum absolute atomic E-state index is 0.183. The Morgan fingerprint density at radius 3 is 2.71 bits per heavy atom. The summed E-state index contributed by atoms with van der Waals surface area (Å²) in [5.41, 5.74) is -0.183. The first-order valence-corrected chi connectivity index (χ1v) is 5.91. The topological polar surface area (TPSA) is 79.5 Å². The molecule has 0 bridgehead atoms. The van der Waals surface area contributed by atoms with Gasteiger partial charge in [-0.15, -0.1) is 0 Å². The Kier molecular flexibility index (Phi) is 4.89. The molecule has 98 valence electrons. The van der Waals surface area contributed by atoms with Gasteiger partial charge in [-0.25, -0.2) is 4.79 Å². The van der Waals surface area contributed by atoms with Crippen LogP contribution in [0.25, 0.3) is 0 Å². The van der Waals surface area contributed by atoms with Crippen LogP contribution in [0.15, 0.2) is 0 Å². The molecular formula is C11H21N3O3. The van der Waals surface area contributed by atoms with E-state index >= 15 is 0 Å². The molecule has 0 aromatic rings. The van der Waals surface area contributed by atoms with Crippen molar-refractivity contribution in [3.8, 4) is 0 Å². The highest BCUT2D eigenvalue weighted by atomic mass is 16.5. The van der Waals surface area contributed by atoms with Gasteiger partial charge in [0.1, 0.15) is 0 Å². The fraction of sp³-hybridized carbons (Fsp3) is 0.818. The molecule has 1 fully saturated rings. The summed E-state index contributed by atoms with van der Waals surface area (Å²) in [6, 6.07) is -0.886. The van der Waals surface area contributed by atoms with Crippen molar-refractivity contribution in [3.05, 3.63) is 0 Å². The minimum Gasteiger partial charge on any atom is -0.379 e. The lowest BCUT2D eigenvalue weighted by atomic mass is 10.0. The maximum atomic E-state index is 11.7. The highest BCUT2D eigenvalue weighted by Gasteiger charge is 2.32. The average Bonchev–Trinajstić information content (AvgIpc) is 2.65. The number of nitrogens with one attached hydrogen (secondary N) is 3. The summed E-state index contributed by atoms with van der Waals surface area (Å²) in [7, 11) is 0. The molecule has 0 saturated carbocycles. The second-order valence-corrected chi connectivity index (χ2v) is 4.58. The molecule has 3 amide bonds. The van der Waals surface area contributed by atoms with E-state index in [0.717, 1.165) is 6.42 Å².